The molecular weight excluding hydrogens is 308 g/mol. The van der Waals surface area contributed by atoms with Gasteiger partial charge in [-0.2, -0.15) is 0 Å². The van der Waals surface area contributed by atoms with Gasteiger partial charge in [0.2, 0.25) is 5.88 Å². The highest BCUT2D eigenvalue weighted by Gasteiger charge is 2.22. The fraction of sp³-hybridized carbons (Fsp3) is 0.235. The first-order valence-electron chi connectivity index (χ1n) is 7.74. The number of carbonyl (C=O) groups excluding carboxylic acids is 1. The van der Waals surface area contributed by atoms with E-state index in [4.69, 9.17) is 9.15 Å². The third kappa shape index (κ3) is 2.69. The van der Waals surface area contributed by atoms with E-state index in [1.54, 1.807) is 46.4 Å². The minimum absolute atomic E-state index is 0.118. The van der Waals surface area contributed by atoms with E-state index in [2.05, 4.69) is 9.97 Å². The Bertz CT molecular complexity index is 834. The Morgan fingerprint density at radius 2 is 2.00 bits per heavy atom. The Hall–Kier alpha value is -2.93. The van der Waals surface area contributed by atoms with Crippen molar-refractivity contribution in [2.45, 2.75) is 0 Å². The van der Waals surface area contributed by atoms with Crippen molar-refractivity contribution >= 4 is 5.91 Å². The molecule has 1 saturated heterocycles. The average Bonchev–Trinajstić information content (AvgIpc) is 3.32. The van der Waals surface area contributed by atoms with Crippen LogP contribution in [0.4, 0.5) is 0 Å². The van der Waals surface area contributed by atoms with E-state index in [-0.39, 0.29) is 5.91 Å². The molecular formula is C17H16N4O3. The van der Waals surface area contributed by atoms with Gasteiger partial charge in [-0.05, 0) is 18.2 Å². The zero-order valence-corrected chi connectivity index (χ0v) is 13.0. The third-order valence-corrected chi connectivity index (χ3v) is 3.90. The van der Waals surface area contributed by atoms with E-state index >= 15 is 0 Å². The molecule has 1 aliphatic rings. The molecule has 0 unspecified atom stereocenters. The Kier molecular flexibility index (Phi) is 3.84. The Morgan fingerprint density at radius 3 is 2.79 bits per heavy atom. The van der Waals surface area contributed by atoms with Crippen molar-refractivity contribution in [1.29, 1.82) is 0 Å². The van der Waals surface area contributed by atoms with Crippen LogP contribution in [0, 0.1) is 0 Å². The van der Waals surface area contributed by atoms with Crippen molar-refractivity contribution < 1.29 is 13.9 Å². The van der Waals surface area contributed by atoms with Crippen molar-refractivity contribution in [3.63, 3.8) is 0 Å². The highest BCUT2D eigenvalue weighted by atomic mass is 16.5. The fourth-order valence-corrected chi connectivity index (χ4v) is 2.68. The molecule has 1 amide bonds. The largest absolute Gasteiger partial charge is 0.435 e. The lowest BCUT2D eigenvalue weighted by atomic mass is 10.3. The van der Waals surface area contributed by atoms with Crippen molar-refractivity contribution in [3.05, 3.63) is 54.8 Å². The number of morpholine rings is 1. The number of ether oxygens (including phenoxy) is 1. The van der Waals surface area contributed by atoms with Gasteiger partial charge >= 0.3 is 0 Å². The highest BCUT2D eigenvalue weighted by molar-refractivity contribution is 5.91. The van der Waals surface area contributed by atoms with Crippen molar-refractivity contribution in [2.24, 2.45) is 0 Å². The van der Waals surface area contributed by atoms with Crippen LogP contribution in [0.25, 0.3) is 17.3 Å². The second kappa shape index (κ2) is 6.29. The number of hydrogen-bond donors (Lipinski definition) is 0. The Labute approximate surface area is 138 Å². The molecule has 3 aromatic rings. The molecule has 0 radical (unpaired) electrons. The van der Waals surface area contributed by atoms with Crippen LogP contribution in [0.15, 0.2) is 53.5 Å². The van der Waals surface area contributed by atoms with E-state index < -0.39 is 0 Å². The van der Waals surface area contributed by atoms with E-state index in [9.17, 15) is 4.79 Å². The molecule has 24 heavy (non-hydrogen) atoms. The van der Waals surface area contributed by atoms with Gasteiger partial charge in [-0.1, -0.05) is 0 Å². The quantitative estimate of drug-likeness (QED) is 0.737. The van der Waals surface area contributed by atoms with E-state index in [0.717, 1.165) is 5.56 Å². The van der Waals surface area contributed by atoms with Crippen LogP contribution < -0.4 is 0 Å². The first-order valence-corrected chi connectivity index (χ1v) is 7.74. The molecule has 7 nitrogen and oxygen atoms in total. The molecule has 0 N–H and O–H groups in total. The maximum Gasteiger partial charge on any atom is 0.289 e. The minimum atomic E-state index is -0.118. The molecule has 0 aliphatic carbocycles. The van der Waals surface area contributed by atoms with Gasteiger partial charge in [0.15, 0.2) is 5.76 Å². The molecule has 0 atom stereocenters. The average molecular weight is 324 g/mol. The number of amides is 1. The second-order valence-electron chi connectivity index (χ2n) is 5.41. The lowest BCUT2D eigenvalue weighted by Crippen LogP contribution is -2.40. The zero-order valence-electron chi connectivity index (χ0n) is 13.0. The summed E-state index contributed by atoms with van der Waals surface area (Å²) in [4.78, 5) is 22.7. The molecule has 4 rings (SSSR count). The van der Waals surface area contributed by atoms with Gasteiger partial charge in [-0.25, -0.2) is 4.98 Å². The molecule has 0 spiro atoms. The summed E-state index contributed by atoms with van der Waals surface area (Å²) in [6.07, 6.45) is 6.93. The normalized spacial score (nSPS) is 14.8. The summed E-state index contributed by atoms with van der Waals surface area (Å²) in [5.74, 6) is 1.45. The van der Waals surface area contributed by atoms with Gasteiger partial charge in [-0.15, -0.1) is 0 Å². The summed E-state index contributed by atoms with van der Waals surface area (Å²) in [6.45, 7) is 2.29. The molecule has 122 valence electrons. The van der Waals surface area contributed by atoms with E-state index in [1.165, 1.54) is 0 Å². The van der Waals surface area contributed by atoms with E-state index in [1.807, 2.05) is 12.1 Å². The van der Waals surface area contributed by atoms with Crippen LogP contribution in [-0.2, 0) is 4.74 Å². The maximum absolute atomic E-state index is 12.5. The summed E-state index contributed by atoms with van der Waals surface area (Å²) in [6, 6.07) is 7.24. The molecule has 7 heteroatoms. The monoisotopic (exact) mass is 324 g/mol. The summed E-state index contributed by atoms with van der Waals surface area (Å²) >= 11 is 0. The van der Waals surface area contributed by atoms with Gasteiger partial charge in [0.05, 0.1) is 13.2 Å². The van der Waals surface area contributed by atoms with Crippen LogP contribution in [0.3, 0.4) is 0 Å². The molecule has 4 heterocycles. The number of pyridine rings is 1. The summed E-state index contributed by atoms with van der Waals surface area (Å²) < 4.78 is 12.8. The first-order chi connectivity index (χ1) is 11.8. The number of nitrogens with zero attached hydrogens (tertiary/aromatic N) is 4. The van der Waals surface area contributed by atoms with Crippen LogP contribution in [0.1, 0.15) is 10.6 Å². The third-order valence-electron chi connectivity index (χ3n) is 3.90. The van der Waals surface area contributed by atoms with Gasteiger partial charge < -0.3 is 14.1 Å². The Balaban J connectivity index is 1.62. The fourth-order valence-electron chi connectivity index (χ4n) is 2.68. The lowest BCUT2D eigenvalue weighted by Gasteiger charge is -2.25. The minimum Gasteiger partial charge on any atom is -0.435 e. The van der Waals surface area contributed by atoms with Crippen LogP contribution in [0.5, 0.6) is 0 Å². The van der Waals surface area contributed by atoms with Gasteiger partial charge in [-0.3, -0.25) is 14.3 Å². The molecule has 0 bridgehead atoms. The van der Waals surface area contributed by atoms with Crippen molar-refractivity contribution in [3.8, 4) is 17.3 Å². The van der Waals surface area contributed by atoms with Crippen molar-refractivity contribution in [2.75, 3.05) is 26.3 Å². The SMILES string of the molecule is O=C(c1ccc(-n2ccnc2-c2cccnc2)o1)N1CCOCC1. The number of aromatic nitrogens is 3. The number of hydrogen-bond acceptors (Lipinski definition) is 5. The molecule has 0 aromatic carbocycles. The van der Waals surface area contributed by atoms with Gasteiger partial charge in [0, 0.05) is 49.5 Å². The maximum atomic E-state index is 12.5. The number of rotatable bonds is 3. The lowest BCUT2D eigenvalue weighted by molar-refractivity contribution is 0.0282. The van der Waals surface area contributed by atoms with Crippen molar-refractivity contribution in [1.82, 2.24) is 19.4 Å². The second-order valence-corrected chi connectivity index (χ2v) is 5.41. The van der Waals surface area contributed by atoms with Crippen LogP contribution >= 0.6 is 0 Å². The van der Waals surface area contributed by atoms with Crippen LogP contribution in [-0.4, -0.2) is 51.6 Å². The van der Waals surface area contributed by atoms with E-state index in [0.29, 0.717) is 43.8 Å². The Morgan fingerprint density at radius 1 is 1.12 bits per heavy atom. The number of imidazole rings is 1. The summed E-state index contributed by atoms with van der Waals surface area (Å²) in [5.41, 5.74) is 0.875. The van der Waals surface area contributed by atoms with Crippen LogP contribution in [0.2, 0.25) is 0 Å². The van der Waals surface area contributed by atoms with Gasteiger partial charge in [0.25, 0.3) is 5.91 Å². The summed E-state index contributed by atoms with van der Waals surface area (Å²) in [5, 5.41) is 0. The number of furan rings is 1. The highest BCUT2D eigenvalue weighted by Crippen LogP contribution is 2.22. The predicted molar refractivity (Wildman–Crippen MR) is 85.8 cm³/mol. The standard InChI is InChI=1S/C17H16N4O3/c22-17(20-8-10-23-11-9-20)14-3-4-15(24-14)21-7-6-19-16(21)13-2-1-5-18-12-13/h1-7,12H,8-11H2. The molecule has 0 saturated carbocycles. The summed E-state index contributed by atoms with van der Waals surface area (Å²) in [7, 11) is 0. The topological polar surface area (TPSA) is 73.4 Å². The molecule has 1 fully saturated rings. The smallest absolute Gasteiger partial charge is 0.289 e. The molecule has 3 aromatic heterocycles. The first kappa shape index (κ1) is 14.6. The molecule has 1 aliphatic heterocycles. The predicted octanol–water partition coefficient (Wildman–Crippen LogP) is 2.00. The van der Waals surface area contributed by atoms with Gasteiger partial charge in [0.1, 0.15) is 5.82 Å². The number of carbonyl (C=O) groups is 1. The zero-order chi connectivity index (χ0) is 16.4.